The fourth-order valence-corrected chi connectivity index (χ4v) is 3.66. The van der Waals surface area contributed by atoms with Gasteiger partial charge >= 0.3 is 0 Å². The number of piperidine rings is 1. The molecule has 1 saturated heterocycles. The van der Waals surface area contributed by atoms with E-state index >= 15 is 0 Å². The number of carbonyl (C=O) groups excluding carboxylic acids is 2. The molecule has 1 aliphatic rings. The van der Waals surface area contributed by atoms with Crippen LogP contribution in [0, 0.1) is 5.92 Å². The van der Waals surface area contributed by atoms with Gasteiger partial charge in [0.2, 0.25) is 11.8 Å². The van der Waals surface area contributed by atoms with Crippen molar-refractivity contribution in [3.63, 3.8) is 0 Å². The summed E-state index contributed by atoms with van der Waals surface area (Å²) in [7, 11) is 0. The zero-order valence-electron chi connectivity index (χ0n) is 16.2. The quantitative estimate of drug-likeness (QED) is 0.729. The van der Waals surface area contributed by atoms with Crippen molar-refractivity contribution >= 4 is 17.5 Å². The molecule has 6 heteroatoms. The van der Waals surface area contributed by atoms with Gasteiger partial charge in [-0.05, 0) is 48.7 Å². The number of nitrogens with one attached hydrogen (secondary N) is 1. The van der Waals surface area contributed by atoms with E-state index in [1.165, 1.54) is 0 Å². The van der Waals surface area contributed by atoms with Gasteiger partial charge in [-0.1, -0.05) is 30.3 Å². The van der Waals surface area contributed by atoms with Crippen LogP contribution in [0.25, 0.3) is 5.69 Å². The van der Waals surface area contributed by atoms with Crippen LogP contribution in [-0.4, -0.2) is 39.6 Å². The Morgan fingerprint density at radius 1 is 1.03 bits per heavy atom. The molecule has 3 aromatic rings. The number of carbonyl (C=O) groups is 2. The highest BCUT2D eigenvalue weighted by Crippen LogP contribution is 2.20. The summed E-state index contributed by atoms with van der Waals surface area (Å²) in [5.41, 5.74) is 2.71. The molecule has 1 fully saturated rings. The SMILES string of the molecule is O=C(Nc1ccccc1)[C@@H]1CCCN(C(=O)Cc2ccc(-n3cccn3)cc2)C1. The van der Waals surface area contributed by atoms with Crippen LogP contribution >= 0.6 is 0 Å². The molecule has 2 heterocycles. The summed E-state index contributed by atoms with van der Waals surface area (Å²) >= 11 is 0. The number of likely N-dealkylation sites (tertiary alicyclic amines) is 1. The molecule has 0 spiro atoms. The summed E-state index contributed by atoms with van der Waals surface area (Å²) in [6.45, 7) is 1.18. The number of hydrogen-bond acceptors (Lipinski definition) is 3. The van der Waals surface area contributed by atoms with Crippen LogP contribution in [0.2, 0.25) is 0 Å². The molecule has 0 radical (unpaired) electrons. The largest absolute Gasteiger partial charge is 0.342 e. The van der Waals surface area contributed by atoms with Crippen molar-refractivity contribution in [3.05, 3.63) is 78.6 Å². The molecule has 1 N–H and O–H groups in total. The molecule has 1 aromatic heterocycles. The predicted octanol–water partition coefficient (Wildman–Crippen LogP) is 3.29. The standard InChI is InChI=1S/C23H24N4O2/c28-22(16-18-9-11-21(12-10-18)27-15-5-13-24-27)26-14-4-6-19(17-26)23(29)25-20-7-2-1-3-8-20/h1-3,5,7-13,15,19H,4,6,14,16-17H2,(H,25,29)/t19-/m1/s1. The van der Waals surface area contributed by atoms with Crippen LogP contribution < -0.4 is 5.32 Å². The van der Waals surface area contributed by atoms with E-state index in [1.807, 2.05) is 71.8 Å². The minimum Gasteiger partial charge on any atom is -0.342 e. The Balaban J connectivity index is 1.34. The number of rotatable bonds is 5. The Labute approximate surface area is 170 Å². The molecule has 0 aliphatic carbocycles. The maximum absolute atomic E-state index is 12.8. The number of nitrogens with zero attached hydrogens (tertiary/aromatic N) is 3. The van der Waals surface area contributed by atoms with E-state index in [1.54, 1.807) is 10.9 Å². The molecule has 2 amide bonds. The first-order valence-electron chi connectivity index (χ1n) is 9.92. The van der Waals surface area contributed by atoms with Crippen LogP contribution in [0.5, 0.6) is 0 Å². The Morgan fingerprint density at radius 3 is 2.55 bits per heavy atom. The number of aromatic nitrogens is 2. The van der Waals surface area contributed by atoms with Crippen LogP contribution in [0.15, 0.2) is 73.1 Å². The minimum atomic E-state index is -0.171. The van der Waals surface area contributed by atoms with Crippen LogP contribution in [-0.2, 0) is 16.0 Å². The van der Waals surface area contributed by atoms with E-state index < -0.39 is 0 Å². The van der Waals surface area contributed by atoms with E-state index in [-0.39, 0.29) is 17.7 Å². The summed E-state index contributed by atoms with van der Waals surface area (Å²) in [5.74, 6) is -0.124. The van der Waals surface area contributed by atoms with Crippen molar-refractivity contribution < 1.29 is 9.59 Å². The number of hydrogen-bond donors (Lipinski definition) is 1. The molecule has 6 nitrogen and oxygen atoms in total. The van der Waals surface area contributed by atoms with Gasteiger partial charge in [0.05, 0.1) is 18.0 Å². The molecule has 29 heavy (non-hydrogen) atoms. The van der Waals surface area contributed by atoms with Crippen molar-refractivity contribution in [1.82, 2.24) is 14.7 Å². The summed E-state index contributed by atoms with van der Waals surface area (Å²) in [6, 6.07) is 19.2. The van der Waals surface area contributed by atoms with E-state index in [4.69, 9.17) is 0 Å². The Kier molecular flexibility index (Phi) is 5.70. The summed E-state index contributed by atoms with van der Waals surface area (Å²) in [6.07, 6.45) is 5.61. The number of benzene rings is 2. The van der Waals surface area contributed by atoms with Gasteiger partial charge in [0.25, 0.3) is 0 Å². The smallest absolute Gasteiger partial charge is 0.229 e. The zero-order valence-corrected chi connectivity index (χ0v) is 16.2. The third kappa shape index (κ3) is 4.71. The molecule has 4 rings (SSSR count). The highest BCUT2D eigenvalue weighted by Gasteiger charge is 2.28. The summed E-state index contributed by atoms with van der Waals surface area (Å²) in [4.78, 5) is 27.2. The highest BCUT2D eigenvalue weighted by atomic mass is 16.2. The van der Waals surface area contributed by atoms with Gasteiger partial charge in [0.15, 0.2) is 0 Å². The first-order chi connectivity index (χ1) is 14.2. The molecule has 0 bridgehead atoms. The maximum Gasteiger partial charge on any atom is 0.229 e. The fraction of sp³-hybridized carbons (Fsp3) is 0.261. The molecular weight excluding hydrogens is 364 g/mol. The minimum absolute atomic E-state index is 0.0164. The fourth-order valence-electron chi connectivity index (χ4n) is 3.66. The van der Waals surface area contributed by atoms with Gasteiger partial charge in [-0.2, -0.15) is 5.10 Å². The van der Waals surface area contributed by atoms with Crippen molar-refractivity contribution in [3.8, 4) is 5.69 Å². The maximum atomic E-state index is 12.8. The van der Waals surface area contributed by atoms with Crippen molar-refractivity contribution in [1.29, 1.82) is 0 Å². The summed E-state index contributed by atoms with van der Waals surface area (Å²) < 4.78 is 1.78. The van der Waals surface area contributed by atoms with Crippen molar-refractivity contribution in [2.45, 2.75) is 19.3 Å². The van der Waals surface area contributed by atoms with E-state index in [0.29, 0.717) is 19.5 Å². The molecule has 1 aliphatic heterocycles. The lowest BCUT2D eigenvalue weighted by atomic mass is 9.96. The topological polar surface area (TPSA) is 67.2 Å². The lowest BCUT2D eigenvalue weighted by Crippen LogP contribution is -2.44. The molecule has 148 valence electrons. The third-order valence-corrected chi connectivity index (χ3v) is 5.25. The lowest BCUT2D eigenvalue weighted by molar-refractivity contribution is -0.133. The van der Waals surface area contributed by atoms with Crippen LogP contribution in [0.3, 0.4) is 0 Å². The van der Waals surface area contributed by atoms with Crippen molar-refractivity contribution in [2.24, 2.45) is 5.92 Å². The lowest BCUT2D eigenvalue weighted by Gasteiger charge is -2.32. The van der Waals surface area contributed by atoms with Crippen LogP contribution in [0.1, 0.15) is 18.4 Å². The van der Waals surface area contributed by atoms with Gasteiger partial charge in [-0.25, -0.2) is 4.68 Å². The third-order valence-electron chi connectivity index (χ3n) is 5.25. The average Bonchev–Trinajstić information content (AvgIpc) is 3.30. The molecule has 0 saturated carbocycles. The van der Waals surface area contributed by atoms with Gasteiger partial charge in [-0.15, -0.1) is 0 Å². The normalized spacial score (nSPS) is 16.4. The monoisotopic (exact) mass is 388 g/mol. The van der Waals surface area contributed by atoms with Gasteiger partial charge in [0, 0.05) is 31.2 Å². The number of amides is 2. The van der Waals surface area contributed by atoms with Gasteiger partial charge in [0.1, 0.15) is 0 Å². The predicted molar refractivity (Wildman–Crippen MR) is 112 cm³/mol. The molecule has 2 aromatic carbocycles. The van der Waals surface area contributed by atoms with Gasteiger partial charge in [-0.3, -0.25) is 9.59 Å². The summed E-state index contributed by atoms with van der Waals surface area (Å²) in [5, 5.41) is 7.16. The Hall–Kier alpha value is -3.41. The molecule has 0 unspecified atom stereocenters. The van der Waals surface area contributed by atoms with Crippen LogP contribution in [0.4, 0.5) is 5.69 Å². The Morgan fingerprint density at radius 2 is 1.83 bits per heavy atom. The molecular formula is C23H24N4O2. The first-order valence-corrected chi connectivity index (χ1v) is 9.92. The second-order valence-corrected chi connectivity index (χ2v) is 7.33. The van der Waals surface area contributed by atoms with Gasteiger partial charge < -0.3 is 10.2 Å². The van der Waals surface area contributed by atoms with E-state index in [2.05, 4.69) is 10.4 Å². The van der Waals surface area contributed by atoms with E-state index in [0.717, 1.165) is 29.8 Å². The molecule has 1 atom stereocenters. The average molecular weight is 388 g/mol. The van der Waals surface area contributed by atoms with Crippen molar-refractivity contribution in [2.75, 3.05) is 18.4 Å². The second kappa shape index (κ2) is 8.73. The second-order valence-electron chi connectivity index (χ2n) is 7.33. The first kappa shape index (κ1) is 18.9. The Bertz CT molecular complexity index is 952. The number of para-hydroxylation sites is 1. The highest BCUT2D eigenvalue weighted by molar-refractivity contribution is 5.93. The zero-order chi connectivity index (χ0) is 20.1. The van der Waals surface area contributed by atoms with E-state index in [9.17, 15) is 9.59 Å². The number of anilines is 1.